The zero-order valence-electron chi connectivity index (χ0n) is 19.9. The van der Waals surface area contributed by atoms with Gasteiger partial charge in [0.25, 0.3) is 0 Å². The number of carboxylic acids is 2. The molecule has 0 saturated carbocycles. The van der Waals surface area contributed by atoms with Crippen LogP contribution in [0.15, 0.2) is 30.3 Å². The predicted molar refractivity (Wildman–Crippen MR) is 125 cm³/mol. The first-order valence-electron chi connectivity index (χ1n) is 11.2. The molecule has 12 heteroatoms. The molecule has 0 radical (unpaired) electrons. The van der Waals surface area contributed by atoms with Gasteiger partial charge in [-0.3, -0.25) is 19.2 Å². The number of aliphatic carboxylic acids is 2. The van der Waals surface area contributed by atoms with E-state index in [0.717, 1.165) is 0 Å². The summed E-state index contributed by atoms with van der Waals surface area (Å²) in [7, 11) is 0. The number of hydrogen-bond donors (Lipinski definition) is 7. The van der Waals surface area contributed by atoms with Gasteiger partial charge in [0.15, 0.2) is 0 Å². The van der Waals surface area contributed by atoms with Crippen molar-refractivity contribution in [1.29, 1.82) is 0 Å². The molecule has 0 saturated heterocycles. The van der Waals surface area contributed by atoms with Crippen molar-refractivity contribution < 1.29 is 39.3 Å². The smallest absolute Gasteiger partial charge is 0.326 e. The first-order valence-corrected chi connectivity index (χ1v) is 11.2. The Labute approximate surface area is 203 Å². The Hall–Kier alpha value is -3.51. The third-order valence-electron chi connectivity index (χ3n) is 5.53. The first-order chi connectivity index (χ1) is 16.4. The zero-order chi connectivity index (χ0) is 26.7. The molecule has 0 fully saturated rings. The van der Waals surface area contributed by atoms with Gasteiger partial charge in [-0.25, -0.2) is 4.79 Å². The van der Waals surface area contributed by atoms with Gasteiger partial charge in [-0.05, 0) is 18.4 Å². The quantitative estimate of drug-likeness (QED) is 0.169. The van der Waals surface area contributed by atoms with Crippen molar-refractivity contribution in [1.82, 2.24) is 16.0 Å². The summed E-state index contributed by atoms with van der Waals surface area (Å²) in [6, 6.07) is 3.32. The number of carbonyl (C=O) groups is 5. The first kappa shape index (κ1) is 29.5. The lowest BCUT2D eigenvalue weighted by atomic mass is 9.98. The van der Waals surface area contributed by atoms with E-state index < -0.39 is 66.4 Å². The lowest BCUT2D eigenvalue weighted by Crippen LogP contribution is -2.60. The highest BCUT2D eigenvalue weighted by molar-refractivity contribution is 5.95. The lowest BCUT2D eigenvalue weighted by molar-refractivity contribution is -0.148. The van der Waals surface area contributed by atoms with Crippen LogP contribution < -0.4 is 21.7 Å². The van der Waals surface area contributed by atoms with Gasteiger partial charge in [0, 0.05) is 6.42 Å². The summed E-state index contributed by atoms with van der Waals surface area (Å²) in [5, 5.41) is 35.0. The van der Waals surface area contributed by atoms with Crippen LogP contribution in [0.2, 0.25) is 0 Å². The van der Waals surface area contributed by atoms with E-state index in [2.05, 4.69) is 10.6 Å². The number of hydrogen-bond acceptors (Lipinski definition) is 7. The Morgan fingerprint density at radius 1 is 0.886 bits per heavy atom. The number of amides is 3. The van der Waals surface area contributed by atoms with Gasteiger partial charge >= 0.3 is 11.9 Å². The standard InChI is InChI=1S/C23H34N4O8/c1-4-12(2)18(24)21(32)25-15(10-14-8-6-5-7-9-14)20(31)27-19(13(3)28)22(33)26-16(23(34)35)11-17(29)30/h5-9,12-13,15-16,18-19,28H,4,10-11,24H2,1-3H3,(H,25,32)(H,26,33)(H,27,31)(H,29,30)(H,34,35). The molecule has 0 aliphatic rings. The van der Waals surface area contributed by atoms with Crippen molar-refractivity contribution in [2.45, 2.75) is 70.3 Å². The van der Waals surface area contributed by atoms with Crippen LogP contribution in [0.25, 0.3) is 0 Å². The van der Waals surface area contributed by atoms with Gasteiger partial charge in [0.05, 0.1) is 18.6 Å². The highest BCUT2D eigenvalue weighted by atomic mass is 16.4. The Kier molecular flexibility index (Phi) is 11.8. The minimum atomic E-state index is -1.77. The molecule has 35 heavy (non-hydrogen) atoms. The second kappa shape index (κ2) is 14.0. The minimum Gasteiger partial charge on any atom is -0.481 e. The number of nitrogens with one attached hydrogen (secondary N) is 3. The average Bonchev–Trinajstić information content (AvgIpc) is 2.80. The second-order valence-corrected chi connectivity index (χ2v) is 8.39. The highest BCUT2D eigenvalue weighted by Crippen LogP contribution is 2.09. The van der Waals surface area contributed by atoms with Gasteiger partial charge in [-0.1, -0.05) is 50.6 Å². The Morgan fingerprint density at radius 3 is 1.94 bits per heavy atom. The molecule has 6 unspecified atom stereocenters. The van der Waals surface area contributed by atoms with Crippen LogP contribution in [-0.4, -0.2) is 75.3 Å². The normalized spacial score (nSPS) is 16.0. The molecule has 0 aliphatic heterocycles. The Balaban J connectivity index is 3.09. The average molecular weight is 495 g/mol. The van der Waals surface area contributed by atoms with Gasteiger partial charge in [-0.15, -0.1) is 0 Å². The number of aliphatic hydroxyl groups excluding tert-OH is 1. The topological polar surface area (TPSA) is 208 Å². The van der Waals surface area contributed by atoms with Gasteiger partial charge < -0.3 is 37.0 Å². The van der Waals surface area contributed by atoms with Gasteiger partial charge in [-0.2, -0.15) is 0 Å². The number of carbonyl (C=O) groups excluding carboxylic acids is 3. The molecule has 0 heterocycles. The van der Waals surface area contributed by atoms with Crippen LogP contribution >= 0.6 is 0 Å². The van der Waals surface area contributed by atoms with E-state index in [1.807, 2.05) is 12.2 Å². The van der Waals surface area contributed by atoms with Gasteiger partial charge in [0.2, 0.25) is 17.7 Å². The van der Waals surface area contributed by atoms with E-state index >= 15 is 0 Å². The third kappa shape index (κ3) is 9.71. The molecule has 6 atom stereocenters. The van der Waals surface area contributed by atoms with Crippen LogP contribution in [0.1, 0.15) is 39.2 Å². The largest absolute Gasteiger partial charge is 0.481 e. The van der Waals surface area contributed by atoms with Crippen molar-refractivity contribution in [2.24, 2.45) is 11.7 Å². The van der Waals surface area contributed by atoms with E-state index in [4.69, 9.17) is 15.9 Å². The van der Waals surface area contributed by atoms with Crippen molar-refractivity contribution in [3.63, 3.8) is 0 Å². The fraction of sp³-hybridized carbons (Fsp3) is 0.522. The number of nitrogens with two attached hydrogens (primary N) is 1. The van der Waals surface area contributed by atoms with Gasteiger partial charge in [0.1, 0.15) is 18.1 Å². The highest BCUT2D eigenvalue weighted by Gasteiger charge is 2.33. The monoisotopic (exact) mass is 494 g/mol. The summed E-state index contributed by atoms with van der Waals surface area (Å²) in [6.07, 6.45) is -1.68. The molecule has 1 aromatic carbocycles. The summed E-state index contributed by atoms with van der Waals surface area (Å²) in [6.45, 7) is 4.86. The van der Waals surface area contributed by atoms with Crippen LogP contribution in [0.3, 0.4) is 0 Å². The fourth-order valence-corrected chi connectivity index (χ4v) is 3.13. The maximum atomic E-state index is 13.1. The summed E-state index contributed by atoms with van der Waals surface area (Å²) in [5.41, 5.74) is 6.69. The van der Waals surface area contributed by atoms with E-state index in [-0.39, 0.29) is 12.3 Å². The summed E-state index contributed by atoms with van der Waals surface area (Å²) in [4.78, 5) is 60.5. The summed E-state index contributed by atoms with van der Waals surface area (Å²) < 4.78 is 0. The fourth-order valence-electron chi connectivity index (χ4n) is 3.13. The number of rotatable bonds is 14. The van der Waals surface area contributed by atoms with Crippen molar-refractivity contribution in [2.75, 3.05) is 0 Å². The second-order valence-electron chi connectivity index (χ2n) is 8.39. The van der Waals surface area contributed by atoms with Crippen LogP contribution in [-0.2, 0) is 30.4 Å². The molecule has 1 aromatic rings. The molecular weight excluding hydrogens is 460 g/mol. The molecule has 3 amide bonds. The molecule has 8 N–H and O–H groups in total. The third-order valence-corrected chi connectivity index (χ3v) is 5.53. The number of carboxylic acid groups (broad SMARTS) is 2. The van der Waals surface area contributed by atoms with E-state index in [1.165, 1.54) is 6.92 Å². The van der Waals surface area contributed by atoms with Crippen LogP contribution in [0.4, 0.5) is 0 Å². The van der Waals surface area contributed by atoms with Crippen LogP contribution in [0.5, 0.6) is 0 Å². The molecule has 0 aliphatic carbocycles. The molecule has 12 nitrogen and oxygen atoms in total. The zero-order valence-corrected chi connectivity index (χ0v) is 19.9. The lowest BCUT2D eigenvalue weighted by Gasteiger charge is -2.27. The van der Waals surface area contributed by atoms with Crippen LogP contribution in [0, 0.1) is 5.92 Å². The van der Waals surface area contributed by atoms with E-state index in [9.17, 15) is 29.1 Å². The van der Waals surface area contributed by atoms with Crippen molar-refractivity contribution >= 4 is 29.7 Å². The van der Waals surface area contributed by atoms with Crippen molar-refractivity contribution in [3.05, 3.63) is 35.9 Å². The molecule has 0 aromatic heterocycles. The molecule has 0 spiro atoms. The SMILES string of the molecule is CCC(C)C(N)C(=O)NC(Cc1ccccc1)C(=O)NC(C(=O)NC(CC(=O)O)C(=O)O)C(C)O. The predicted octanol–water partition coefficient (Wildman–Crippen LogP) is -1.00. The number of aliphatic hydroxyl groups is 1. The maximum Gasteiger partial charge on any atom is 0.326 e. The van der Waals surface area contributed by atoms with E-state index in [1.54, 1.807) is 37.3 Å². The maximum absolute atomic E-state index is 13.1. The summed E-state index contributed by atoms with van der Waals surface area (Å²) in [5.74, 6) is -5.69. The van der Waals surface area contributed by atoms with Crippen molar-refractivity contribution in [3.8, 4) is 0 Å². The minimum absolute atomic E-state index is 0.0521. The Morgan fingerprint density at radius 2 is 1.46 bits per heavy atom. The molecule has 1 rings (SSSR count). The molecular formula is C23H34N4O8. The number of benzene rings is 1. The molecule has 0 bridgehead atoms. The molecule has 194 valence electrons. The van der Waals surface area contributed by atoms with E-state index in [0.29, 0.717) is 12.0 Å². The Bertz CT molecular complexity index is 893. The summed E-state index contributed by atoms with van der Waals surface area (Å²) >= 11 is 0.